The van der Waals surface area contributed by atoms with Gasteiger partial charge in [-0.1, -0.05) is 0 Å². The molecular formula is C9H6F6O. The maximum atomic E-state index is 12.6. The van der Waals surface area contributed by atoms with Crippen molar-refractivity contribution < 1.29 is 31.4 Å². The van der Waals surface area contributed by atoms with Crippen LogP contribution in [-0.4, -0.2) is 17.4 Å². The van der Waals surface area contributed by atoms with E-state index in [1.807, 2.05) is 0 Å². The first-order valence-corrected chi connectivity index (χ1v) is 4.10. The van der Waals surface area contributed by atoms with E-state index in [0.717, 1.165) is 0 Å². The summed E-state index contributed by atoms with van der Waals surface area (Å²) in [5.74, 6) is -4.95. The van der Waals surface area contributed by atoms with Gasteiger partial charge in [-0.15, -0.1) is 0 Å². The Kier molecular flexibility index (Phi) is 3.47. The van der Waals surface area contributed by atoms with E-state index < -0.39 is 41.7 Å². The van der Waals surface area contributed by atoms with Crippen LogP contribution in [-0.2, 0) is 6.42 Å². The van der Waals surface area contributed by atoms with E-state index in [9.17, 15) is 26.3 Å². The Balaban J connectivity index is 2.91. The van der Waals surface area contributed by atoms with Gasteiger partial charge in [-0.2, -0.15) is 13.2 Å². The molecule has 1 unspecified atom stereocenters. The average molecular weight is 244 g/mol. The molecule has 0 aliphatic carbocycles. The summed E-state index contributed by atoms with van der Waals surface area (Å²) in [5.41, 5.74) is -0.471. The lowest BCUT2D eigenvalue weighted by atomic mass is 10.1. The third-order valence-corrected chi connectivity index (χ3v) is 1.85. The van der Waals surface area contributed by atoms with Crippen molar-refractivity contribution in [1.29, 1.82) is 0 Å². The molecule has 0 amide bonds. The maximum absolute atomic E-state index is 12.6. The zero-order valence-corrected chi connectivity index (χ0v) is 7.65. The van der Waals surface area contributed by atoms with E-state index in [4.69, 9.17) is 5.11 Å². The highest BCUT2D eigenvalue weighted by atomic mass is 19.4. The van der Waals surface area contributed by atoms with Gasteiger partial charge in [0.1, 0.15) is 0 Å². The first-order valence-electron chi connectivity index (χ1n) is 4.10. The molecular weight excluding hydrogens is 238 g/mol. The van der Waals surface area contributed by atoms with Gasteiger partial charge in [0.2, 0.25) is 0 Å². The van der Waals surface area contributed by atoms with Crippen molar-refractivity contribution in [3.63, 3.8) is 0 Å². The Bertz CT molecular complexity index is 363. The van der Waals surface area contributed by atoms with Gasteiger partial charge in [-0.3, -0.25) is 0 Å². The predicted molar refractivity (Wildman–Crippen MR) is 42.1 cm³/mol. The Labute approximate surface area is 86.3 Å². The lowest BCUT2D eigenvalue weighted by Crippen LogP contribution is -2.30. The quantitative estimate of drug-likeness (QED) is 0.626. The largest absolute Gasteiger partial charge is 0.414 e. The number of aliphatic hydroxyl groups excluding tert-OH is 1. The first kappa shape index (κ1) is 12.8. The lowest BCUT2D eigenvalue weighted by Gasteiger charge is -2.14. The van der Waals surface area contributed by atoms with Crippen molar-refractivity contribution >= 4 is 0 Å². The van der Waals surface area contributed by atoms with Gasteiger partial charge in [-0.05, 0) is 17.7 Å². The topological polar surface area (TPSA) is 20.2 Å². The van der Waals surface area contributed by atoms with Crippen LogP contribution in [0.3, 0.4) is 0 Å². The molecule has 1 N–H and O–H groups in total. The molecule has 0 spiro atoms. The number of aliphatic hydroxyl groups is 1. The SMILES string of the molecule is OC(Cc1cc(F)c(F)c(F)c1)C(F)(F)F. The molecule has 0 saturated heterocycles. The van der Waals surface area contributed by atoms with Crippen LogP contribution in [0, 0.1) is 17.5 Å². The maximum Gasteiger partial charge on any atom is 0.414 e. The molecule has 0 aromatic heterocycles. The van der Waals surface area contributed by atoms with Crippen LogP contribution >= 0.6 is 0 Å². The summed E-state index contributed by atoms with van der Waals surface area (Å²) in [4.78, 5) is 0. The summed E-state index contributed by atoms with van der Waals surface area (Å²) in [6.07, 6.45) is -8.66. The fourth-order valence-electron chi connectivity index (χ4n) is 1.06. The van der Waals surface area contributed by atoms with Gasteiger partial charge in [0.15, 0.2) is 23.6 Å². The molecule has 0 bridgehead atoms. The van der Waals surface area contributed by atoms with Crippen molar-refractivity contribution in [3.8, 4) is 0 Å². The Morgan fingerprint density at radius 3 is 1.88 bits per heavy atom. The van der Waals surface area contributed by atoms with E-state index in [1.54, 1.807) is 0 Å². The average Bonchev–Trinajstić information content (AvgIpc) is 2.12. The van der Waals surface area contributed by atoms with E-state index >= 15 is 0 Å². The van der Waals surface area contributed by atoms with Gasteiger partial charge >= 0.3 is 6.18 Å². The van der Waals surface area contributed by atoms with Crippen molar-refractivity contribution in [2.45, 2.75) is 18.7 Å². The van der Waals surface area contributed by atoms with Crippen LogP contribution in [0.15, 0.2) is 12.1 Å². The summed E-state index contributed by atoms with van der Waals surface area (Å²) in [6.45, 7) is 0. The number of hydrogen-bond donors (Lipinski definition) is 1. The minimum Gasteiger partial charge on any atom is -0.383 e. The van der Waals surface area contributed by atoms with Crippen LogP contribution in [0.25, 0.3) is 0 Å². The number of rotatable bonds is 2. The van der Waals surface area contributed by atoms with E-state index in [-0.39, 0.29) is 0 Å². The van der Waals surface area contributed by atoms with Crippen molar-refractivity contribution in [2.75, 3.05) is 0 Å². The summed E-state index contributed by atoms with van der Waals surface area (Å²) >= 11 is 0. The van der Waals surface area contributed by atoms with Gasteiger partial charge < -0.3 is 5.11 Å². The molecule has 0 radical (unpaired) electrons. The second-order valence-corrected chi connectivity index (χ2v) is 3.13. The molecule has 90 valence electrons. The van der Waals surface area contributed by atoms with Crippen molar-refractivity contribution in [2.24, 2.45) is 0 Å². The van der Waals surface area contributed by atoms with Gasteiger partial charge in [0.05, 0.1) is 0 Å². The van der Waals surface area contributed by atoms with E-state index in [0.29, 0.717) is 12.1 Å². The van der Waals surface area contributed by atoms with Crippen LogP contribution in [0.1, 0.15) is 5.56 Å². The second-order valence-electron chi connectivity index (χ2n) is 3.13. The molecule has 16 heavy (non-hydrogen) atoms. The van der Waals surface area contributed by atoms with Gasteiger partial charge in [0, 0.05) is 6.42 Å². The summed E-state index contributed by atoms with van der Waals surface area (Å²) in [7, 11) is 0. The highest BCUT2D eigenvalue weighted by Gasteiger charge is 2.38. The highest BCUT2D eigenvalue weighted by Crippen LogP contribution is 2.24. The standard InChI is InChI=1S/C9H6F6O/c10-5-1-4(2-6(11)8(5)12)3-7(16)9(13,14)15/h1-2,7,16H,3H2. The predicted octanol–water partition coefficient (Wildman–Crippen LogP) is 2.57. The minimum atomic E-state index is -4.89. The zero-order valence-electron chi connectivity index (χ0n) is 7.65. The summed E-state index contributed by atoms with van der Waals surface area (Å²) in [5, 5.41) is 8.63. The third kappa shape index (κ3) is 2.88. The van der Waals surface area contributed by atoms with Crippen molar-refractivity contribution in [3.05, 3.63) is 35.1 Å². The number of hydrogen-bond acceptors (Lipinski definition) is 1. The second kappa shape index (κ2) is 4.32. The molecule has 1 nitrogen and oxygen atoms in total. The molecule has 1 aromatic carbocycles. The third-order valence-electron chi connectivity index (χ3n) is 1.85. The molecule has 1 aromatic rings. The Hall–Kier alpha value is -1.24. The molecule has 0 aliphatic rings. The molecule has 7 heteroatoms. The van der Waals surface area contributed by atoms with Gasteiger partial charge in [-0.25, -0.2) is 13.2 Å². The van der Waals surface area contributed by atoms with Crippen molar-refractivity contribution in [1.82, 2.24) is 0 Å². The molecule has 0 fully saturated rings. The van der Waals surface area contributed by atoms with E-state index in [2.05, 4.69) is 0 Å². The van der Waals surface area contributed by atoms with Gasteiger partial charge in [0.25, 0.3) is 0 Å². The zero-order chi connectivity index (χ0) is 12.5. The molecule has 1 rings (SSSR count). The number of benzene rings is 1. The van der Waals surface area contributed by atoms with Crippen LogP contribution < -0.4 is 0 Å². The Morgan fingerprint density at radius 1 is 1.06 bits per heavy atom. The molecule has 1 atom stereocenters. The smallest absolute Gasteiger partial charge is 0.383 e. The monoisotopic (exact) mass is 244 g/mol. The summed E-state index contributed by atoms with van der Waals surface area (Å²) in [6, 6.07) is 0.820. The molecule has 0 saturated carbocycles. The first-order chi connectivity index (χ1) is 7.21. The van der Waals surface area contributed by atoms with Crippen LogP contribution in [0.2, 0.25) is 0 Å². The van der Waals surface area contributed by atoms with Crippen LogP contribution in [0.5, 0.6) is 0 Å². The van der Waals surface area contributed by atoms with E-state index in [1.165, 1.54) is 0 Å². The molecule has 0 aliphatic heterocycles. The fourth-order valence-corrected chi connectivity index (χ4v) is 1.06. The Morgan fingerprint density at radius 2 is 1.50 bits per heavy atom. The minimum absolute atomic E-state index is 0.410. The number of alkyl halides is 3. The lowest BCUT2D eigenvalue weighted by molar-refractivity contribution is -0.203. The fraction of sp³-hybridized carbons (Fsp3) is 0.333. The highest BCUT2D eigenvalue weighted by molar-refractivity contribution is 5.20. The normalized spacial score (nSPS) is 13.9. The van der Waals surface area contributed by atoms with Crippen LogP contribution in [0.4, 0.5) is 26.3 Å². The summed E-state index contributed by atoms with van der Waals surface area (Å²) < 4.78 is 73.4. The number of halogens is 6. The molecule has 0 heterocycles.